The highest BCUT2D eigenvalue weighted by Crippen LogP contribution is 2.42. The summed E-state index contributed by atoms with van der Waals surface area (Å²) in [6.07, 6.45) is -2.24. The second-order valence-corrected chi connectivity index (χ2v) is 8.36. The average molecular weight is 513 g/mol. The molecule has 2 unspecified atom stereocenters. The molecule has 3 N–H and O–H groups in total. The van der Waals surface area contributed by atoms with Crippen molar-refractivity contribution in [2.75, 3.05) is 13.7 Å². The number of alkyl halides is 3. The predicted molar refractivity (Wildman–Crippen MR) is 121 cm³/mol. The number of H-pyrrole nitrogens is 1. The first-order valence-corrected chi connectivity index (χ1v) is 10.9. The van der Waals surface area contributed by atoms with Gasteiger partial charge in [-0.05, 0) is 23.8 Å². The number of fused-ring (bicyclic) bond motifs is 1. The molecule has 35 heavy (non-hydrogen) atoms. The summed E-state index contributed by atoms with van der Waals surface area (Å²) in [5.74, 6) is -0.755. The van der Waals surface area contributed by atoms with Gasteiger partial charge in [0, 0.05) is 40.4 Å². The SMILES string of the molecule is COc1ccc(F)c(Cl)c1C(C)c1c[nH]c2ncc(-c3cnn(CC(O)CO)c3C(F)(F)F)cc12. The molecule has 0 radical (unpaired) electrons. The Morgan fingerprint density at radius 1 is 1.26 bits per heavy atom. The van der Waals surface area contributed by atoms with E-state index in [2.05, 4.69) is 15.1 Å². The number of aliphatic hydroxyl groups is 2. The molecule has 0 saturated carbocycles. The van der Waals surface area contributed by atoms with Gasteiger partial charge in [0.15, 0.2) is 5.69 Å². The first-order valence-electron chi connectivity index (χ1n) is 10.5. The van der Waals surface area contributed by atoms with Crippen molar-refractivity contribution in [1.29, 1.82) is 0 Å². The van der Waals surface area contributed by atoms with Crippen LogP contribution in [-0.2, 0) is 12.7 Å². The molecule has 4 rings (SSSR count). The zero-order valence-electron chi connectivity index (χ0n) is 18.6. The minimum Gasteiger partial charge on any atom is -0.496 e. The van der Waals surface area contributed by atoms with Crippen LogP contribution in [-0.4, -0.2) is 49.8 Å². The number of pyridine rings is 1. The monoisotopic (exact) mass is 512 g/mol. The van der Waals surface area contributed by atoms with Crippen LogP contribution in [0.5, 0.6) is 5.75 Å². The lowest BCUT2D eigenvalue weighted by Crippen LogP contribution is -2.25. The van der Waals surface area contributed by atoms with Gasteiger partial charge in [-0.3, -0.25) is 4.68 Å². The molecule has 7 nitrogen and oxygen atoms in total. The summed E-state index contributed by atoms with van der Waals surface area (Å²) in [6, 6.07) is 4.18. The number of ether oxygens (including phenoxy) is 1. The second kappa shape index (κ2) is 9.48. The largest absolute Gasteiger partial charge is 0.496 e. The molecule has 12 heteroatoms. The minimum absolute atomic E-state index is 0.113. The fourth-order valence-corrected chi connectivity index (χ4v) is 4.43. The molecule has 2 atom stereocenters. The summed E-state index contributed by atoms with van der Waals surface area (Å²) in [5.41, 5.74) is 0.252. The molecule has 0 aliphatic heterocycles. The number of nitrogens with zero attached hydrogens (tertiary/aromatic N) is 3. The molecule has 3 aromatic heterocycles. The van der Waals surface area contributed by atoms with Gasteiger partial charge in [-0.1, -0.05) is 18.5 Å². The van der Waals surface area contributed by atoms with Gasteiger partial charge in [0.05, 0.1) is 37.6 Å². The molecule has 0 aliphatic rings. The zero-order chi connectivity index (χ0) is 25.5. The predicted octanol–water partition coefficient (Wildman–Crippen LogP) is 4.75. The maximum atomic E-state index is 14.2. The van der Waals surface area contributed by atoms with E-state index in [1.807, 2.05) is 0 Å². The lowest BCUT2D eigenvalue weighted by Gasteiger charge is -2.18. The van der Waals surface area contributed by atoms with Crippen molar-refractivity contribution in [3.63, 3.8) is 0 Å². The number of benzene rings is 1. The van der Waals surface area contributed by atoms with Crippen LogP contribution in [0, 0.1) is 5.82 Å². The molecule has 1 aromatic carbocycles. The Kier molecular flexibility index (Phi) is 6.76. The Morgan fingerprint density at radius 3 is 2.66 bits per heavy atom. The molecule has 4 aromatic rings. The third kappa shape index (κ3) is 4.58. The Labute approximate surface area is 201 Å². The number of aromatic amines is 1. The van der Waals surface area contributed by atoms with E-state index in [4.69, 9.17) is 21.4 Å². The maximum Gasteiger partial charge on any atom is 0.433 e. The Balaban J connectivity index is 1.85. The Hall–Kier alpha value is -3.15. The van der Waals surface area contributed by atoms with E-state index in [1.165, 1.54) is 31.5 Å². The van der Waals surface area contributed by atoms with E-state index < -0.39 is 42.9 Å². The maximum absolute atomic E-state index is 14.2. The Bertz CT molecular complexity index is 1370. The molecule has 186 valence electrons. The number of aliphatic hydroxyl groups excluding tert-OH is 2. The van der Waals surface area contributed by atoms with E-state index >= 15 is 0 Å². The van der Waals surface area contributed by atoms with Gasteiger partial charge in [-0.2, -0.15) is 18.3 Å². The molecule has 0 saturated heterocycles. The van der Waals surface area contributed by atoms with Crippen LogP contribution in [0.4, 0.5) is 17.6 Å². The van der Waals surface area contributed by atoms with Gasteiger partial charge in [0.1, 0.15) is 17.2 Å². The van der Waals surface area contributed by atoms with Crippen LogP contribution in [0.25, 0.3) is 22.2 Å². The fraction of sp³-hybridized carbons (Fsp3) is 0.304. The summed E-state index contributed by atoms with van der Waals surface area (Å²) in [7, 11) is 1.43. The van der Waals surface area contributed by atoms with Crippen molar-refractivity contribution in [3.8, 4) is 16.9 Å². The molecular formula is C23H21ClF4N4O3. The average Bonchev–Trinajstić information content (AvgIpc) is 3.44. The van der Waals surface area contributed by atoms with Crippen molar-refractivity contribution in [1.82, 2.24) is 19.7 Å². The quantitative estimate of drug-likeness (QED) is 0.311. The van der Waals surface area contributed by atoms with Crippen molar-refractivity contribution >= 4 is 22.6 Å². The topological polar surface area (TPSA) is 96.2 Å². The van der Waals surface area contributed by atoms with Crippen molar-refractivity contribution in [3.05, 3.63) is 64.5 Å². The Morgan fingerprint density at radius 2 is 2.00 bits per heavy atom. The van der Waals surface area contributed by atoms with Gasteiger partial charge in [0.25, 0.3) is 0 Å². The molecular weight excluding hydrogens is 492 g/mol. The van der Waals surface area contributed by atoms with Crippen molar-refractivity contribution in [2.45, 2.75) is 31.7 Å². The molecule has 0 bridgehead atoms. The molecule has 0 amide bonds. The van der Waals surface area contributed by atoms with Crippen LogP contribution >= 0.6 is 11.6 Å². The lowest BCUT2D eigenvalue weighted by molar-refractivity contribution is -0.144. The number of methoxy groups -OCH3 is 1. The van der Waals surface area contributed by atoms with E-state index in [9.17, 15) is 22.7 Å². The zero-order valence-corrected chi connectivity index (χ0v) is 19.3. The summed E-state index contributed by atoms with van der Waals surface area (Å²) in [4.78, 5) is 7.24. The van der Waals surface area contributed by atoms with Crippen LogP contribution in [0.1, 0.15) is 29.7 Å². The number of hydrogen-bond donors (Lipinski definition) is 3. The molecule has 0 spiro atoms. The smallest absolute Gasteiger partial charge is 0.433 e. The highest BCUT2D eigenvalue weighted by molar-refractivity contribution is 6.31. The second-order valence-electron chi connectivity index (χ2n) is 7.99. The number of halogens is 5. The first-order chi connectivity index (χ1) is 16.6. The summed E-state index contributed by atoms with van der Waals surface area (Å²) in [5, 5.41) is 22.8. The molecule has 0 fully saturated rings. The molecule has 3 heterocycles. The van der Waals surface area contributed by atoms with Gasteiger partial charge < -0.3 is 19.9 Å². The number of aromatic nitrogens is 4. The number of nitrogens with one attached hydrogen (secondary N) is 1. The number of rotatable bonds is 7. The summed E-state index contributed by atoms with van der Waals surface area (Å²) < 4.78 is 62.0. The van der Waals surface area contributed by atoms with Gasteiger partial charge >= 0.3 is 6.18 Å². The van der Waals surface area contributed by atoms with Gasteiger partial charge in [-0.15, -0.1) is 0 Å². The summed E-state index contributed by atoms with van der Waals surface area (Å²) in [6.45, 7) is 0.524. The third-order valence-corrected chi connectivity index (χ3v) is 6.17. The van der Waals surface area contributed by atoms with Crippen LogP contribution < -0.4 is 4.74 Å². The normalized spacial score (nSPS) is 13.9. The van der Waals surface area contributed by atoms with Crippen LogP contribution in [0.15, 0.2) is 36.8 Å². The van der Waals surface area contributed by atoms with E-state index in [0.717, 1.165) is 6.20 Å². The third-order valence-electron chi connectivity index (χ3n) is 5.79. The minimum atomic E-state index is -4.79. The van der Waals surface area contributed by atoms with Crippen LogP contribution in [0.3, 0.4) is 0 Å². The van der Waals surface area contributed by atoms with Crippen molar-refractivity contribution in [2.24, 2.45) is 0 Å². The van der Waals surface area contributed by atoms with Gasteiger partial charge in [-0.25, -0.2) is 9.37 Å². The van der Waals surface area contributed by atoms with Crippen molar-refractivity contribution < 1.29 is 32.5 Å². The van der Waals surface area contributed by atoms with Crippen LogP contribution in [0.2, 0.25) is 5.02 Å². The summed E-state index contributed by atoms with van der Waals surface area (Å²) >= 11 is 6.24. The fourth-order valence-electron chi connectivity index (χ4n) is 4.11. The van der Waals surface area contributed by atoms with E-state index in [0.29, 0.717) is 32.6 Å². The van der Waals surface area contributed by atoms with E-state index in [-0.39, 0.29) is 16.1 Å². The highest BCUT2D eigenvalue weighted by Gasteiger charge is 2.39. The van der Waals surface area contributed by atoms with Gasteiger partial charge in [0.2, 0.25) is 0 Å². The molecule has 0 aliphatic carbocycles. The standard InChI is InChI=1S/C23H21ClF4N4O3/c1-11(19-18(35-2)4-3-17(25)20(19)24)15-7-30-22-14(15)5-12(6-29-22)16-8-31-32(9-13(34)10-33)21(16)23(26,27)28/h3-8,11,13,33-34H,9-10H2,1-2H3,(H,29,30). The first kappa shape index (κ1) is 25.0. The highest BCUT2D eigenvalue weighted by atomic mass is 35.5. The lowest BCUT2D eigenvalue weighted by atomic mass is 9.91. The van der Waals surface area contributed by atoms with E-state index in [1.54, 1.807) is 13.1 Å². The number of hydrogen-bond acceptors (Lipinski definition) is 5.